The van der Waals surface area contributed by atoms with E-state index in [9.17, 15) is 0 Å². The minimum Gasteiger partial charge on any atom is -0.456 e. The fourth-order valence-corrected chi connectivity index (χ4v) is 9.45. The van der Waals surface area contributed by atoms with E-state index >= 15 is 0 Å². The monoisotopic (exact) mass is 719 g/mol. The summed E-state index contributed by atoms with van der Waals surface area (Å²) in [6, 6.07) is 72.3. The Labute approximate surface area is 322 Å². The lowest BCUT2D eigenvalue weighted by Gasteiger charge is -2.29. The molecule has 0 fully saturated rings. The lowest BCUT2D eigenvalue weighted by Crippen LogP contribution is -2.11. The van der Waals surface area contributed by atoms with E-state index in [1.165, 1.54) is 53.2 Å². The lowest BCUT2D eigenvalue weighted by molar-refractivity contribution is 0.669. The van der Waals surface area contributed by atoms with E-state index in [1.807, 2.05) is 23.5 Å². The Bertz CT molecular complexity index is 3210. The van der Waals surface area contributed by atoms with Crippen LogP contribution in [-0.4, -0.2) is 0 Å². The molecule has 0 amide bonds. The van der Waals surface area contributed by atoms with Crippen LogP contribution in [0.4, 0.5) is 17.1 Å². The fourth-order valence-electron chi connectivity index (χ4n) is 8.25. The highest BCUT2D eigenvalue weighted by atomic mass is 32.1. The molecule has 0 aliphatic rings. The van der Waals surface area contributed by atoms with E-state index in [-0.39, 0.29) is 0 Å². The minimum atomic E-state index is 0.902. The van der Waals surface area contributed by atoms with E-state index < -0.39 is 0 Å². The van der Waals surface area contributed by atoms with Crippen LogP contribution in [0, 0.1) is 0 Å². The Morgan fingerprint density at radius 1 is 0.382 bits per heavy atom. The standard InChI is InChI=1S/C52H33NOS/c1-2-13-35(14-3-1)41-31-28-39(38-25-24-34-12-4-5-15-37(34)32-38)33-47(41)53(46-20-10-19-44-43-16-7-9-23-50(43)55-52(44)46)40-29-26-36(27-30-40)42-18-11-22-49-51(42)45-17-6-8-21-48(45)54-49/h1-33H. The van der Waals surface area contributed by atoms with Gasteiger partial charge in [-0.25, -0.2) is 0 Å². The third-order valence-electron chi connectivity index (χ3n) is 10.9. The number of para-hydroxylation sites is 1. The van der Waals surface area contributed by atoms with Gasteiger partial charge in [-0.2, -0.15) is 0 Å². The Kier molecular flexibility index (Phi) is 7.39. The molecule has 11 aromatic rings. The highest BCUT2D eigenvalue weighted by molar-refractivity contribution is 7.26. The number of benzene rings is 9. The van der Waals surface area contributed by atoms with Crippen molar-refractivity contribution in [2.24, 2.45) is 0 Å². The molecule has 55 heavy (non-hydrogen) atoms. The Morgan fingerprint density at radius 3 is 1.93 bits per heavy atom. The van der Waals surface area contributed by atoms with Crippen LogP contribution in [0.25, 0.3) is 86.3 Å². The maximum atomic E-state index is 6.28. The summed E-state index contributed by atoms with van der Waals surface area (Å²) in [4.78, 5) is 2.47. The molecule has 0 aliphatic heterocycles. The number of hydrogen-bond donors (Lipinski definition) is 0. The summed E-state index contributed by atoms with van der Waals surface area (Å²) in [5.74, 6) is 0. The quantitative estimate of drug-likeness (QED) is 0.170. The number of rotatable bonds is 6. The van der Waals surface area contributed by atoms with Gasteiger partial charge >= 0.3 is 0 Å². The molecule has 0 radical (unpaired) electrons. The third-order valence-corrected chi connectivity index (χ3v) is 12.1. The molecule has 0 N–H and O–H groups in total. The summed E-state index contributed by atoms with van der Waals surface area (Å²) < 4.78 is 8.83. The molecule has 258 valence electrons. The summed E-state index contributed by atoms with van der Waals surface area (Å²) in [7, 11) is 0. The van der Waals surface area contributed by atoms with Gasteiger partial charge in [-0.15, -0.1) is 11.3 Å². The van der Waals surface area contributed by atoms with Crippen molar-refractivity contribution >= 4 is 81.3 Å². The Morgan fingerprint density at radius 2 is 1.04 bits per heavy atom. The van der Waals surface area contributed by atoms with Crippen LogP contribution in [0.5, 0.6) is 0 Å². The summed E-state index contributed by atoms with van der Waals surface area (Å²) in [6.45, 7) is 0. The van der Waals surface area contributed by atoms with Crippen LogP contribution in [0.15, 0.2) is 205 Å². The number of thiophene rings is 1. The molecule has 3 heteroatoms. The minimum absolute atomic E-state index is 0.902. The molecule has 2 aromatic heterocycles. The van der Waals surface area contributed by atoms with Crippen molar-refractivity contribution < 1.29 is 4.42 Å². The molecule has 0 atom stereocenters. The van der Waals surface area contributed by atoms with E-state index in [4.69, 9.17) is 4.42 Å². The molecule has 9 aromatic carbocycles. The van der Waals surface area contributed by atoms with Gasteiger partial charge in [-0.05, 0) is 87.1 Å². The highest BCUT2D eigenvalue weighted by Crippen LogP contribution is 2.48. The molecule has 0 unspecified atom stereocenters. The maximum absolute atomic E-state index is 6.28. The molecule has 2 nitrogen and oxygen atoms in total. The first-order valence-corrected chi connectivity index (χ1v) is 19.5. The van der Waals surface area contributed by atoms with Crippen molar-refractivity contribution in [2.75, 3.05) is 4.90 Å². The zero-order valence-electron chi connectivity index (χ0n) is 29.8. The van der Waals surface area contributed by atoms with E-state index in [0.29, 0.717) is 0 Å². The second-order valence-corrected chi connectivity index (χ2v) is 15.1. The van der Waals surface area contributed by atoms with Gasteiger partial charge < -0.3 is 9.32 Å². The van der Waals surface area contributed by atoms with Gasteiger partial charge in [-0.1, -0.05) is 152 Å². The maximum Gasteiger partial charge on any atom is 0.136 e. The Balaban J connectivity index is 1.15. The first-order chi connectivity index (χ1) is 27.3. The van der Waals surface area contributed by atoms with Gasteiger partial charge in [0.25, 0.3) is 0 Å². The van der Waals surface area contributed by atoms with Crippen LogP contribution < -0.4 is 4.90 Å². The van der Waals surface area contributed by atoms with Crippen molar-refractivity contribution in [1.82, 2.24) is 0 Å². The predicted molar refractivity (Wildman–Crippen MR) is 235 cm³/mol. The summed E-state index contributed by atoms with van der Waals surface area (Å²) in [5, 5.41) is 7.31. The molecule has 0 saturated carbocycles. The van der Waals surface area contributed by atoms with Crippen LogP contribution in [0.3, 0.4) is 0 Å². The number of hydrogen-bond acceptors (Lipinski definition) is 3. The molecule has 0 spiro atoms. The smallest absolute Gasteiger partial charge is 0.136 e. The van der Waals surface area contributed by atoms with Crippen molar-refractivity contribution in [1.29, 1.82) is 0 Å². The van der Waals surface area contributed by atoms with Crippen molar-refractivity contribution in [3.05, 3.63) is 200 Å². The van der Waals surface area contributed by atoms with Gasteiger partial charge in [0.15, 0.2) is 0 Å². The van der Waals surface area contributed by atoms with Crippen molar-refractivity contribution in [3.8, 4) is 33.4 Å². The first-order valence-electron chi connectivity index (χ1n) is 18.7. The average Bonchev–Trinajstić information content (AvgIpc) is 3.83. The SMILES string of the molecule is c1ccc(-c2ccc(-c3ccc4ccccc4c3)cc2N(c2ccc(-c3cccc4oc5ccccc5c34)cc2)c2cccc3c2sc2ccccc23)cc1. The zero-order chi connectivity index (χ0) is 36.3. The predicted octanol–water partition coefficient (Wildman–Crippen LogP) is 15.6. The van der Waals surface area contributed by atoms with E-state index in [0.717, 1.165) is 50.1 Å². The number of nitrogens with zero attached hydrogens (tertiary/aromatic N) is 1. The molecular formula is C52H33NOS. The second-order valence-electron chi connectivity index (χ2n) is 14.1. The number of furan rings is 1. The second kappa shape index (κ2) is 12.9. The summed E-state index contributed by atoms with van der Waals surface area (Å²) in [6.07, 6.45) is 0. The zero-order valence-corrected chi connectivity index (χ0v) is 30.6. The lowest BCUT2D eigenvalue weighted by atomic mass is 9.95. The molecule has 0 bridgehead atoms. The van der Waals surface area contributed by atoms with Crippen molar-refractivity contribution in [2.45, 2.75) is 0 Å². The molecular weight excluding hydrogens is 687 g/mol. The largest absolute Gasteiger partial charge is 0.456 e. The number of anilines is 3. The van der Waals surface area contributed by atoms with Crippen LogP contribution in [-0.2, 0) is 0 Å². The Hall–Kier alpha value is -6.94. The van der Waals surface area contributed by atoms with E-state index in [1.54, 1.807) is 0 Å². The van der Waals surface area contributed by atoms with Gasteiger partial charge in [-0.3, -0.25) is 0 Å². The topological polar surface area (TPSA) is 16.4 Å². The van der Waals surface area contributed by atoms with Crippen LogP contribution in [0.1, 0.15) is 0 Å². The van der Waals surface area contributed by atoms with Gasteiger partial charge in [0.05, 0.1) is 16.1 Å². The number of fused-ring (bicyclic) bond motifs is 7. The average molecular weight is 720 g/mol. The van der Waals surface area contributed by atoms with Gasteiger partial charge in [0.2, 0.25) is 0 Å². The van der Waals surface area contributed by atoms with Gasteiger partial charge in [0, 0.05) is 37.5 Å². The highest BCUT2D eigenvalue weighted by Gasteiger charge is 2.22. The normalized spacial score (nSPS) is 11.6. The molecule has 0 saturated heterocycles. The molecule has 11 rings (SSSR count). The third kappa shape index (κ3) is 5.32. The van der Waals surface area contributed by atoms with Crippen LogP contribution in [0.2, 0.25) is 0 Å². The fraction of sp³-hybridized carbons (Fsp3) is 0. The molecule has 2 heterocycles. The van der Waals surface area contributed by atoms with E-state index in [2.05, 4.69) is 193 Å². The van der Waals surface area contributed by atoms with Crippen molar-refractivity contribution in [3.63, 3.8) is 0 Å². The molecule has 0 aliphatic carbocycles. The van der Waals surface area contributed by atoms with Gasteiger partial charge in [0.1, 0.15) is 11.2 Å². The summed E-state index contributed by atoms with van der Waals surface area (Å²) >= 11 is 1.86. The van der Waals surface area contributed by atoms with Crippen LogP contribution >= 0.6 is 11.3 Å². The first kappa shape index (κ1) is 31.6. The summed E-state index contributed by atoms with van der Waals surface area (Å²) in [5.41, 5.74) is 12.2.